The third-order valence-electron chi connectivity index (χ3n) is 9.04. The summed E-state index contributed by atoms with van der Waals surface area (Å²) in [4.78, 5) is 34.3. The third-order valence-corrected chi connectivity index (χ3v) is 9.36. The number of H-pyrrole nitrogens is 1. The van der Waals surface area contributed by atoms with Crippen LogP contribution in [0.5, 0.6) is 5.75 Å². The van der Waals surface area contributed by atoms with Crippen LogP contribution >= 0.6 is 11.6 Å². The number of pyridine rings is 1. The number of hydrogen-bond donors (Lipinski definition) is 2. The number of ether oxygens (including phenoxy) is 3. The van der Waals surface area contributed by atoms with Gasteiger partial charge in [-0.15, -0.1) is 0 Å². The van der Waals surface area contributed by atoms with Gasteiger partial charge in [-0.3, -0.25) is 9.59 Å². The lowest BCUT2D eigenvalue weighted by Gasteiger charge is -2.41. The van der Waals surface area contributed by atoms with E-state index in [0.717, 1.165) is 73.5 Å². The van der Waals surface area contributed by atoms with E-state index in [9.17, 15) is 9.59 Å². The van der Waals surface area contributed by atoms with Crippen LogP contribution in [0.2, 0.25) is 5.15 Å². The Kier molecular flexibility index (Phi) is 13.1. The molecule has 0 saturated heterocycles. The van der Waals surface area contributed by atoms with Gasteiger partial charge in [0.2, 0.25) is 0 Å². The number of carbonyl (C=O) groups excluding carboxylic acids is 1. The fourth-order valence-electron chi connectivity index (χ4n) is 6.35. The zero-order chi connectivity index (χ0) is 33.2. The molecule has 1 amide bonds. The Balaban J connectivity index is 1.64. The van der Waals surface area contributed by atoms with Crippen LogP contribution in [0.4, 0.5) is 5.69 Å². The Morgan fingerprint density at radius 3 is 2.26 bits per heavy atom. The van der Waals surface area contributed by atoms with Crippen molar-refractivity contribution in [2.45, 2.75) is 65.1 Å². The number of methoxy groups -OCH3 is 2. The molecule has 1 heterocycles. The largest absolute Gasteiger partial charge is 0.491 e. The number of amides is 1. The summed E-state index contributed by atoms with van der Waals surface area (Å²) in [6.07, 6.45) is 4.38. The zero-order valence-corrected chi connectivity index (χ0v) is 28.8. The second-order valence-electron chi connectivity index (χ2n) is 12.0. The van der Waals surface area contributed by atoms with Gasteiger partial charge in [-0.25, -0.2) is 0 Å². The average molecular weight is 653 g/mol. The molecule has 9 nitrogen and oxygen atoms in total. The number of nitrogens with zero attached hydrogens (tertiary/aromatic N) is 2. The molecule has 4 rings (SSSR count). The van der Waals surface area contributed by atoms with E-state index in [0.29, 0.717) is 42.1 Å². The van der Waals surface area contributed by atoms with Crippen LogP contribution in [0.3, 0.4) is 0 Å². The van der Waals surface area contributed by atoms with Crippen molar-refractivity contribution in [3.63, 3.8) is 0 Å². The van der Waals surface area contributed by atoms with Crippen molar-refractivity contribution in [3.05, 3.63) is 80.2 Å². The number of nitrogens with one attached hydrogen (secondary N) is 2. The lowest BCUT2D eigenvalue weighted by atomic mass is 9.88. The maximum absolute atomic E-state index is 13.8. The van der Waals surface area contributed by atoms with Crippen molar-refractivity contribution in [3.8, 4) is 16.9 Å². The van der Waals surface area contributed by atoms with Crippen LogP contribution in [0.15, 0.2) is 47.3 Å². The first-order valence-corrected chi connectivity index (χ1v) is 16.5. The van der Waals surface area contributed by atoms with Gasteiger partial charge in [-0.1, -0.05) is 23.7 Å². The summed E-state index contributed by atoms with van der Waals surface area (Å²) in [5.74, 6) is 0.504. The van der Waals surface area contributed by atoms with Crippen LogP contribution in [0.25, 0.3) is 11.1 Å². The van der Waals surface area contributed by atoms with E-state index in [1.165, 1.54) is 6.07 Å². The van der Waals surface area contributed by atoms with Crippen molar-refractivity contribution in [2.24, 2.45) is 0 Å². The van der Waals surface area contributed by atoms with Crippen LogP contribution in [-0.4, -0.2) is 82.1 Å². The van der Waals surface area contributed by atoms with Crippen molar-refractivity contribution in [1.82, 2.24) is 15.2 Å². The van der Waals surface area contributed by atoms with E-state index in [1.807, 2.05) is 37.3 Å². The number of hydrogen-bond acceptors (Lipinski definition) is 7. The first-order valence-electron chi connectivity index (χ1n) is 16.2. The number of anilines is 1. The van der Waals surface area contributed by atoms with Gasteiger partial charge in [0.25, 0.3) is 5.91 Å². The minimum Gasteiger partial charge on any atom is -0.491 e. The minimum atomic E-state index is -0.254. The molecular formula is C36H49ClN4O5. The second-order valence-corrected chi connectivity index (χ2v) is 12.4. The normalized spacial score (nSPS) is 16.4. The zero-order valence-electron chi connectivity index (χ0n) is 28.1. The molecule has 10 heteroatoms. The predicted molar refractivity (Wildman–Crippen MR) is 186 cm³/mol. The Morgan fingerprint density at radius 1 is 0.957 bits per heavy atom. The first-order chi connectivity index (χ1) is 22.2. The summed E-state index contributed by atoms with van der Waals surface area (Å²) < 4.78 is 16.2. The molecule has 2 aromatic carbocycles. The Morgan fingerprint density at radius 2 is 1.63 bits per heavy atom. The first kappa shape index (κ1) is 35.5. The van der Waals surface area contributed by atoms with Gasteiger partial charge in [0, 0.05) is 68.9 Å². The monoisotopic (exact) mass is 652 g/mol. The summed E-state index contributed by atoms with van der Waals surface area (Å²) in [5, 5.41) is 3.20. The summed E-state index contributed by atoms with van der Waals surface area (Å²) in [7, 11) is 5.58. The molecule has 0 bridgehead atoms. The van der Waals surface area contributed by atoms with Crippen molar-refractivity contribution >= 4 is 23.2 Å². The minimum absolute atomic E-state index is 0.0257. The maximum Gasteiger partial charge on any atom is 0.251 e. The lowest BCUT2D eigenvalue weighted by Crippen LogP contribution is -2.44. The average Bonchev–Trinajstić information content (AvgIpc) is 3.05. The molecule has 3 aromatic rings. The molecule has 1 aromatic heterocycles. The molecular weight excluding hydrogens is 604 g/mol. The summed E-state index contributed by atoms with van der Waals surface area (Å²) in [5.41, 5.74) is 5.24. The van der Waals surface area contributed by atoms with E-state index in [1.54, 1.807) is 21.1 Å². The molecule has 2 N–H and O–H groups in total. The maximum atomic E-state index is 13.8. The van der Waals surface area contributed by atoms with Crippen LogP contribution in [0, 0.1) is 13.8 Å². The summed E-state index contributed by atoms with van der Waals surface area (Å²) in [6.45, 7) is 9.46. The molecule has 1 aliphatic rings. The highest BCUT2D eigenvalue weighted by Crippen LogP contribution is 2.36. The molecule has 250 valence electrons. The Labute approximate surface area is 278 Å². The van der Waals surface area contributed by atoms with Gasteiger partial charge in [0.05, 0.1) is 18.8 Å². The Bertz CT molecular complexity index is 1500. The van der Waals surface area contributed by atoms with Gasteiger partial charge in [0.15, 0.2) is 5.43 Å². The number of aromatic amines is 1. The highest BCUT2D eigenvalue weighted by molar-refractivity contribution is 6.30. The molecule has 0 aliphatic heterocycles. The highest BCUT2D eigenvalue weighted by atomic mass is 35.5. The van der Waals surface area contributed by atoms with Crippen molar-refractivity contribution < 1.29 is 19.0 Å². The number of rotatable bonds is 15. The molecule has 1 fully saturated rings. The van der Waals surface area contributed by atoms with Crippen LogP contribution in [-0.2, 0) is 16.0 Å². The summed E-state index contributed by atoms with van der Waals surface area (Å²) in [6, 6.07) is 14.4. The number of aromatic nitrogens is 1. The quantitative estimate of drug-likeness (QED) is 0.154. The Hall–Kier alpha value is -3.37. The number of halogens is 1. The fourth-order valence-corrected chi connectivity index (χ4v) is 6.65. The molecule has 0 spiro atoms. The molecule has 0 radical (unpaired) electrons. The topological polar surface area (TPSA) is 96.1 Å². The SMILES string of the molecule is CCN(c1cc(-c2ccc(OCCOC)cc2)cc(C(=O)NCc2c(Cl)[nH]c(C)cc2=O)c1C)C1CCC(N(C)CCOC)CC1. The van der Waals surface area contributed by atoms with E-state index in [2.05, 4.69) is 40.1 Å². The van der Waals surface area contributed by atoms with Gasteiger partial charge in [-0.05, 0) is 94.5 Å². The number of likely N-dealkylation sites (N-methyl/N-ethyl adjacent to an activating group) is 1. The number of carbonyl (C=O) groups is 1. The highest BCUT2D eigenvalue weighted by Gasteiger charge is 2.29. The smallest absolute Gasteiger partial charge is 0.251 e. The predicted octanol–water partition coefficient (Wildman–Crippen LogP) is 5.98. The van der Waals surface area contributed by atoms with Gasteiger partial charge in [-0.2, -0.15) is 0 Å². The molecule has 1 saturated carbocycles. The van der Waals surface area contributed by atoms with Gasteiger partial charge >= 0.3 is 0 Å². The summed E-state index contributed by atoms with van der Waals surface area (Å²) >= 11 is 6.34. The third kappa shape index (κ3) is 8.91. The standard InChI is InChI=1S/C36H49ClN4O5/c1-7-41(29-12-10-28(11-13-29)40(4)16-17-44-5)33-22-27(26-8-14-30(15-9-26)46-19-18-45-6)21-31(25(33)3)36(43)38-23-32-34(42)20-24(2)39-35(32)37/h8-9,14-15,20-22,28-29H,7,10-13,16-19,23H2,1-6H3,(H,38,43)(H,39,42). The van der Waals surface area contributed by atoms with Gasteiger partial charge < -0.3 is 34.3 Å². The van der Waals surface area contributed by atoms with E-state index in [-0.39, 0.29) is 23.0 Å². The molecule has 0 atom stereocenters. The molecule has 0 unspecified atom stereocenters. The van der Waals surface area contributed by atoms with E-state index in [4.69, 9.17) is 25.8 Å². The number of benzene rings is 2. The van der Waals surface area contributed by atoms with Crippen molar-refractivity contribution in [2.75, 3.05) is 59.1 Å². The van der Waals surface area contributed by atoms with Crippen LogP contribution in [0.1, 0.15) is 59.8 Å². The van der Waals surface area contributed by atoms with E-state index < -0.39 is 0 Å². The van der Waals surface area contributed by atoms with Gasteiger partial charge in [0.1, 0.15) is 17.5 Å². The fraction of sp³-hybridized carbons (Fsp3) is 0.500. The molecule has 1 aliphatic carbocycles. The number of aryl methyl sites for hydroxylation is 1. The van der Waals surface area contributed by atoms with E-state index >= 15 is 0 Å². The second kappa shape index (κ2) is 17.0. The lowest BCUT2D eigenvalue weighted by molar-refractivity contribution is 0.0950. The van der Waals surface area contributed by atoms with Crippen LogP contribution < -0.4 is 20.4 Å². The van der Waals surface area contributed by atoms with Crippen molar-refractivity contribution in [1.29, 1.82) is 0 Å². The molecule has 46 heavy (non-hydrogen) atoms.